The molecule has 0 unspecified atom stereocenters. The molecule has 0 aromatic rings. The molecule has 0 aromatic carbocycles. The molecule has 7 heteroatoms. The number of rotatable bonds is 0. The van der Waals surface area contributed by atoms with Crippen molar-refractivity contribution in [3.05, 3.63) is 0 Å². The van der Waals surface area contributed by atoms with Crippen LogP contribution in [-0.4, -0.2) is 24.8 Å². The topological polar surface area (TPSA) is 94.8 Å². The summed E-state index contributed by atoms with van der Waals surface area (Å²) >= 11 is 0. The molecule has 7 heavy (non-hydrogen) atoms. The third-order valence-electron chi connectivity index (χ3n) is 0. The zero-order valence-corrected chi connectivity index (χ0v) is 5.00. The van der Waals surface area contributed by atoms with E-state index in [0.717, 1.165) is 0 Å². The fourth-order valence-corrected chi connectivity index (χ4v) is 0. The van der Waals surface area contributed by atoms with Crippen molar-refractivity contribution in [2.24, 2.45) is 0 Å². The minimum absolute atomic E-state index is 1.72. The fraction of sp³-hybridized carbons (Fsp3) is 0. The number of hydrogen-bond donors (Lipinski definition) is 3. The smallest absolute Gasteiger partial charge is 0.381 e. The van der Waals surface area contributed by atoms with E-state index in [1.807, 2.05) is 0 Å². The molecule has 0 heterocycles. The summed E-state index contributed by atoms with van der Waals surface area (Å²) in [6, 6.07) is 0. The van der Waals surface area contributed by atoms with Gasteiger partial charge in [0.25, 0.3) is 0 Å². The molecule has 0 fully saturated rings. The summed E-state index contributed by atoms with van der Waals surface area (Å²) in [7, 11) is -2.92. The van der Waals surface area contributed by atoms with Crippen molar-refractivity contribution in [2.75, 3.05) is 0 Å². The summed E-state index contributed by atoms with van der Waals surface area (Å²) in [5, 5.41) is 0. The van der Waals surface area contributed by atoms with Gasteiger partial charge in [0.15, 0.2) is 0 Å². The third-order valence-corrected chi connectivity index (χ3v) is 0. The van der Waals surface area contributed by atoms with Gasteiger partial charge in [-0.25, -0.2) is 4.57 Å². The Morgan fingerprint density at radius 2 is 1.14 bits per heavy atom. The summed E-state index contributed by atoms with van der Waals surface area (Å²) in [6.07, 6.45) is 0. The van der Waals surface area contributed by atoms with E-state index in [4.69, 9.17) is 23.7 Å². The molecule has 0 aliphatic heterocycles. The first-order chi connectivity index (χ1) is 3.00. The predicted octanol–water partition coefficient (Wildman–Crippen LogP) is -1.43. The van der Waals surface area contributed by atoms with Crippen LogP contribution in [0.4, 0.5) is 0 Å². The van der Waals surface area contributed by atoms with Gasteiger partial charge in [0.1, 0.15) is 0 Å². The van der Waals surface area contributed by atoms with Gasteiger partial charge >= 0.3 is 18.0 Å². The highest BCUT2D eigenvalue weighted by Gasteiger charge is 2.00. The SMILES string of the molecule is O=P(O)(O)O.O=[Si]. The lowest BCUT2D eigenvalue weighted by Gasteiger charge is -1.82. The van der Waals surface area contributed by atoms with Crippen LogP contribution in [0.3, 0.4) is 0 Å². The van der Waals surface area contributed by atoms with E-state index in [2.05, 4.69) is 0 Å². The first-order valence-electron chi connectivity index (χ1n) is 0.987. The maximum Gasteiger partial charge on any atom is 0.466 e. The van der Waals surface area contributed by atoms with Crippen molar-refractivity contribution >= 4 is 18.0 Å². The van der Waals surface area contributed by atoms with E-state index in [0.29, 0.717) is 0 Å². The number of hydrogen-bond acceptors (Lipinski definition) is 2. The van der Waals surface area contributed by atoms with Gasteiger partial charge in [0.05, 0.1) is 0 Å². The highest BCUT2D eigenvalue weighted by molar-refractivity contribution is 7.45. The van der Waals surface area contributed by atoms with Gasteiger partial charge in [-0.15, -0.1) is 0 Å². The summed E-state index contributed by atoms with van der Waals surface area (Å²) in [5.74, 6) is 0. The monoisotopic (exact) mass is 142 g/mol. The van der Waals surface area contributed by atoms with E-state index in [1.165, 1.54) is 0 Å². The lowest BCUT2D eigenvalue weighted by molar-refractivity contribution is 0.275. The van der Waals surface area contributed by atoms with Gasteiger partial charge in [-0.2, -0.15) is 0 Å². The molecule has 0 amide bonds. The zero-order chi connectivity index (χ0) is 6.50. The van der Waals surface area contributed by atoms with Crippen molar-refractivity contribution in [1.29, 1.82) is 0 Å². The second kappa shape index (κ2) is 4.29. The van der Waals surface area contributed by atoms with Gasteiger partial charge in [-0.1, -0.05) is 0 Å². The number of phosphoric acid groups is 1. The summed E-state index contributed by atoms with van der Waals surface area (Å²) < 4.78 is 16.9. The molecule has 0 aromatic heterocycles. The summed E-state index contributed by atoms with van der Waals surface area (Å²) in [6.45, 7) is 0. The normalized spacial score (nSPS) is 9.00. The maximum atomic E-state index is 8.88. The van der Waals surface area contributed by atoms with Crippen LogP contribution in [-0.2, 0) is 9.03 Å². The molecule has 0 atom stereocenters. The molecule has 0 saturated heterocycles. The summed E-state index contributed by atoms with van der Waals surface area (Å²) in [4.78, 5) is 21.6. The third kappa shape index (κ3) is 6480. The van der Waals surface area contributed by atoms with Crippen LogP contribution in [0.15, 0.2) is 0 Å². The van der Waals surface area contributed by atoms with Crippen molar-refractivity contribution in [1.82, 2.24) is 0 Å². The van der Waals surface area contributed by atoms with Gasteiger partial charge < -0.3 is 19.1 Å². The Labute approximate surface area is 42.7 Å². The van der Waals surface area contributed by atoms with Gasteiger partial charge in [-0.05, 0) is 0 Å². The Kier molecular flexibility index (Phi) is 6.24. The quantitative estimate of drug-likeness (QED) is 0.285. The fourth-order valence-electron chi connectivity index (χ4n) is 0. The molecule has 42 valence electrons. The lowest BCUT2D eigenvalue weighted by Crippen LogP contribution is -1.66. The second-order valence-corrected chi connectivity index (χ2v) is 1.54. The molecule has 5 nitrogen and oxygen atoms in total. The second-order valence-electron chi connectivity index (χ2n) is 0.513. The van der Waals surface area contributed by atoms with Crippen LogP contribution in [0.25, 0.3) is 0 Å². The van der Waals surface area contributed by atoms with Crippen molar-refractivity contribution in [3.8, 4) is 0 Å². The lowest BCUT2D eigenvalue weighted by atomic mass is 15.8. The van der Waals surface area contributed by atoms with E-state index >= 15 is 0 Å². The molecule has 3 N–H and O–H groups in total. The Balaban J connectivity index is 0. The van der Waals surface area contributed by atoms with Crippen LogP contribution >= 0.6 is 7.82 Å². The minimum atomic E-state index is -4.64. The van der Waals surface area contributed by atoms with Gasteiger partial charge in [0.2, 0.25) is 0 Å². The van der Waals surface area contributed by atoms with Gasteiger partial charge in [-0.3, -0.25) is 0 Å². The van der Waals surface area contributed by atoms with Crippen LogP contribution < -0.4 is 0 Å². The molecule has 2 radical (unpaired) electrons. The van der Waals surface area contributed by atoms with Gasteiger partial charge in [0, 0.05) is 0 Å². The highest BCUT2D eigenvalue weighted by Crippen LogP contribution is 2.25. The molecule has 0 aliphatic rings. The average molecular weight is 142 g/mol. The molecule has 0 rings (SSSR count). The Hall–Kier alpha value is 0.127. The van der Waals surface area contributed by atoms with Crippen LogP contribution in [0.5, 0.6) is 0 Å². The largest absolute Gasteiger partial charge is 0.466 e. The van der Waals surface area contributed by atoms with E-state index in [-0.39, 0.29) is 0 Å². The molecule has 0 bridgehead atoms. The van der Waals surface area contributed by atoms with Crippen molar-refractivity contribution in [3.63, 3.8) is 0 Å². The minimum Gasteiger partial charge on any atom is -0.381 e. The molecular formula is H3O5PSi. The Bertz CT molecular complexity index is 63.9. The van der Waals surface area contributed by atoms with E-state index in [9.17, 15) is 0 Å². The first-order valence-corrected chi connectivity index (χ1v) is 2.96. The van der Waals surface area contributed by atoms with Crippen LogP contribution in [0.2, 0.25) is 0 Å². The van der Waals surface area contributed by atoms with Crippen molar-refractivity contribution < 1.29 is 23.7 Å². The first kappa shape index (κ1) is 10.2. The zero-order valence-electron chi connectivity index (χ0n) is 3.11. The Morgan fingerprint density at radius 1 is 1.14 bits per heavy atom. The molecule has 0 spiro atoms. The summed E-state index contributed by atoms with van der Waals surface area (Å²) in [5.41, 5.74) is 0. The van der Waals surface area contributed by atoms with E-state index in [1.54, 1.807) is 10.1 Å². The molecular weight excluding hydrogens is 139 g/mol. The maximum absolute atomic E-state index is 8.88. The van der Waals surface area contributed by atoms with Crippen LogP contribution in [0, 0.1) is 0 Å². The highest BCUT2D eigenvalue weighted by atomic mass is 31.2. The average Bonchev–Trinajstić information content (AvgIpc) is 1.36. The Morgan fingerprint density at radius 3 is 1.14 bits per heavy atom. The van der Waals surface area contributed by atoms with Crippen LogP contribution in [0.1, 0.15) is 0 Å². The molecule has 0 saturated carbocycles. The standard InChI is InChI=1S/H3O4P.OSi/c1-5(2,3)4;1-2/h(H3,1,2,3,4);. The molecule has 0 aliphatic carbocycles. The predicted molar refractivity (Wildman–Crippen MR) is 20.7 cm³/mol. The van der Waals surface area contributed by atoms with Crippen molar-refractivity contribution in [2.45, 2.75) is 0 Å². The van der Waals surface area contributed by atoms with E-state index < -0.39 is 7.82 Å².